The number of rotatable bonds is 5. The normalized spacial score (nSPS) is 16.0. The van der Waals surface area contributed by atoms with E-state index < -0.39 is 18.0 Å². The van der Waals surface area contributed by atoms with E-state index in [1.54, 1.807) is 29.9 Å². The van der Waals surface area contributed by atoms with Crippen molar-refractivity contribution in [3.63, 3.8) is 0 Å². The third-order valence-electron chi connectivity index (χ3n) is 5.65. The van der Waals surface area contributed by atoms with Gasteiger partial charge in [-0.15, -0.1) is 0 Å². The van der Waals surface area contributed by atoms with Crippen LogP contribution in [0.15, 0.2) is 48.7 Å². The maximum atomic E-state index is 12.2. The van der Waals surface area contributed by atoms with Crippen LogP contribution in [-0.2, 0) is 11.8 Å². The minimum atomic E-state index is -1.01. The molecular formula is C22H22ClN3O4. The number of aryl methyl sites for hydroxylation is 1. The molecule has 8 heteroatoms. The van der Waals surface area contributed by atoms with Crippen LogP contribution in [0.1, 0.15) is 22.0 Å². The van der Waals surface area contributed by atoms with Gasteiger partial charge in [0.1, 0.15) is 6.04 Å². The van der Waals surface area contributed by atoms with Crippen LogP contribution < -0.4 is 4.90 Å². The van der Waals surface area contributed by atoms with Gasteiger partial charge in [-0.25, -0.2) is 4.79 Å². The second-order valence-electron chi connectivity index (χ2n) is 7.48. The molecule has 0 radical (unpaired) electrons. The monoisotopic (exact) mass is 427 g/mol. The van der Waals surface area contributed by atoms with E-state index in [4.69, 9.17) is 11.6 Å². The Labute approximate surface area is 178 Å². The number of carboxylic acids is 2. The van der Waals surface area contributed by atoms with Crippen LogP contribution in [0.2, 0.25) is 5.02 Å². The van der Waals surface area contributed by atoms with Gasteiger partial charge in [0.25, 0.3) is 0 Å². The van der Waals surface area contributed by atoms with Crippen LogP contribution >= 0.6 is 11.6 Å². The van der Waals surface area contributed by atoms with Gasteiger partial charge in [0, 0.05) is 66.6 Å². The number of aromatic carboxylic acids is 1. The molecule has 1 saturated heterocycles. The molecule has 0 bridgehead atoms. The predicted octanol–water partition coefficient (Wildman–Crippen LogP) is 3.48. The Hall–Kier alpha value is -3.03. The Kier molecular flexibility index (Phi) is 5.40. The highest BCUT2D eigenvalue weighted by Gasteiger charge is 2.32. The maximum Gasteiger partial charge on any atom is 0.335 e. The number of anilines is 1. The zero-order valence-corrected chi connectivity index (χ0v) is 17.2. The summed E-state index contributed by atoms with van der Waals surface area (Å²) < 4.78 is 1.79. The van der Waals surface area contributed by atoms with Crippen molar-refractivity contribution in [2.24, 2.45) is 7.05 Å². The number of halogens is 1. The molecule has 1 fully saturated rings. The summed E-state index contributed by atoms with van der Waals surface area (Å²) in [6, 6.07) is 11.7. The Morgan fingerprint density at radius 2 is 1.77 bits per heavy atom. The molecule has 1 aliphatic heterocycles. The van der Waals surface area contributed by atoms with Crippen molar-refractivity contribution >= 4 is 40.1 Å². The molecule has 0 unspecified atom stereocenters. The quantitative estimate of drug-likeness (QED) is 0.648. The summed E-state index contributed by atoms with van der Waals surface area (Å²) in [5.41, 5.74) is 2.58. The zero-order valence-electron chi connectivity index (χ0n) is 16.5. The fraction of sp³-hybridized carbons (Fsp3) is 0.273. The van der Waals surface area contributed by atoms with Crippen LogP contribution in [0.3, 0.4) is 0 Å². The van der Waals surface area contributed by atoms with Gasteiger partial charge in [-0.3, -0.25) is 9.69 Å². The molecule has 0 amide bonds. The molecule has 1 atom stereocenters. The van der Waals surface area contributed by atoms with Crippen molar-refractivity contribution in [2.45, 2.75) is 6.04 Å². The van der Waals surface area contributed by atoms with E-state index in [-0.39, 0.29) is 5.56 Å². The molecule has 1 aromatic heterocycles. The zero-order chi connectivity index (χ0) is 21.4. The Balaban J connectivity index is 1.61. The standard InChI is InChI=1S/C22H22ClN3O4/c1-24-13-18(17-6-5-14(21(27)28)11-19(17)24)20(22(29)30)26-9-7-25(8-10-26)16-4-2-3-15(23)12-16/h2-6,11-13,20H,7-10H2,1H3,(H,27,28)(H,29,30)/t20-/m0/s1. The molecule has 4 rings (SSSR count). The van der Waals surface area contributed by atoms with E-state index in [2.05, 4.69) is 4.90 Å². The molecule has 1 aliphatic rings. The van der Waals surface area contributed by atoms with Gasteiger partial charge in [-0.1, -0.05) is 23.7 Å². The summed E-state index contributed by atoms with van der Waals surface area (Å²) in [6.45, 7) is 2.57. The number of fused-ring (bicyclic) bond motifs is 1. The maximum absolute atomic E-state index is 12.2. The molecule has 2 heterocycles. The molecule has 2 N–H and O–H groups in total. The first-order valence-corrected chi connectivity index (χ1v) is 10.0. The Morgan fingerprint density at radius 3 is 2.40 bits per heavy atom. The molecule has 0 saturated carbocycles. The van der Waals surface area contributed by atoms with Crippen molar-refractivity contribution in [2.75, 3.05) is 31.1 Å². The third kappa shape index (κ3) is 3.74. The average molecular weight is 428 g/mol. The van der Waals surface area contributed by atoms with E-state index in [0.29, 0.717) is 42.3 Å². The number of aliphatic carboxylic acids is 1. The molecule has 0 aliphatic carbocycles. The van der Waals surface area contributed by atoms with Crippen molar-refractivity contribution in [3.8, 4) is 0 Å². The van der Waals surface area contributed by atoms with Crippen molar-refractivity contribution in [3.05, 3.63) is 64.8 Å². The van der Waals surface area contributed by atoms with E-state index in [0.717, 1.165) is 11.1 Å². The van der Waals surface area contributed by atoms with Crippen LogP contribution in [-0.4, -0.2) is 57.8 Å². The summed E-state index contributed by atoms with van der Waals surface area (Å²) in [7, 11) is 1.80. The molecule has 156 valence electrons. The first kappa shape index (κ1) is 20.3. The highest BCUT2D eigenvalue weighted by Crippen LogP contribution is 2.32. The predicted molar refractivity (Wildman–Crippen MR) is 115 cm³/mol. The number of aromatic nitrogens is 1. The lowest BCUT2D eigenvalue weighted by atomic mass is 10.0. The van der Waals surface area contributed by atoms with Crippen LogP contribution in [0, 0.1) is 0 Å². The van der Waals surface area contributed by atoms with Crippen LogP contribution in [0.5, 0.6) is 0 Å². The lowest BCUT2D eigenvalue weighted by Crippen LogP contribution is -2.49. The summed E-state index contributed by atoms with van der Waals surface area (Å²) in [5, 5.41) is 20.7. The summed E-state index contributed by atoms with van der Waals surface area (Å²) >= 11 is 6.10. The largest absolute Gasteiger partial charge is 0.480 e. The number of hydrogen-bond acceptors (Lipinski definition) is 4. The minimum Gasteiger partial charge on any atom is -0.480 e. The first-order chi connectivity index (χ1) is 14.3. The van der Waals surface area contributed by atoms with Gasteiger partial charge >= 0.3 is 11.9 Å². The van der Waals surface area contributed by atoms with E-state index >= 15 is 0 Å². The fourth-order valence-electron chi connectivity index (χ4n) is 4.16. The average Bonchev–Trinajstić information content (AvgIpc) is 3.04. The van der Waals surface area contributed by atoms with E-state index in [1.807, 2.05) is 29.2 Å². The van der Waals surface area contributed by atoms with Crippen molar-refractivity contribution in [1.29, 1.82) is 0 Å². The highest BCUT2D eigenvalue weighted by molar-refractivity contribution is 6.30. The summed E-state index contributed by atoms with van der Waals surface area (Å²) in [6.07, 6.45) is 1.79. The molecule has 2 aromatic carbocycles. The number of benzene rings is 2. The fourth-order valence-corrected chi connectivity index (χ4v) is 4.35. The Bertz CT molecular complexity index is 1120. The lowest BCUT2D eigenvalue weighted by molar-refractivity contribution is -0.143. The lowest BCUT2D eigenvalue weighted by Gasteiger charge is -2.38. The molecule has 30 heavy (non-hydrogen) atoms. The first-order valence-electron chi connectivity index (χ1n) is 9.65. The number of nitrogens with zero attached hydrogens (tertiary/aromatic N) is 3. The second kappa shape index (κ2) is 8.01. The van der Waals surface area contributed by atoms with Gasteiger partial charge in [-0.2, -0.15) is 0 Å². The third-order valence-corrected chi connectivity index (χ3v) is 5.88. The van der Waals surface area contributed by atoms with E-state index in [1.165, 1.54) is 6.07 Å². The summed E-state index contributed by atoms with van der Waals surface area (Å²) in [4.78, 5) is 27.7. The molecular weight excluding hydrogens is 406 g/mol. The number of carbonyl (C=O) groups is 2. The summed E-state index contributed by atoms with van der Waals surface area (Å²) in [5.74, 6) is -1.92. The minimum absolute atomic E-state index is 0.178. The van der Waals surface area contributed by atoms with Gasteiger partial charge in [0.2, 0.25) is 0 Å². The van der Waals surface area contributed by atoms with E-state index in [9.17, 15) is 19.8 Å². The van der Waals surface area contributed by atoms with Gasteiger partial charge in [0.15, 0.2) is 0 Å². The Morgan fingerprint density at radius 1 is 1.03 bits per heavy atom. The van der Waals surface area contributed by atoms with Crippen LogP contribution in [0.25, 0.3) is 10.9 Å². The van der Waals surface area contributed by atoms with Gasteiger partial charge in [-0.05, 0) is 30.3 Å². The topological polar surface area (TPSA) is 86.0 Å². The van der Waals surface area contributed by atoms with Crippen LogP contribution in [0.4, 0.5) is 5.69 Å². The highest BCUT2D eigenvalue weighted by atomic mass is 35.5. The smallest absolute Gasteiger partial charge is 0.335 e. The van der Waals surface area contributed by atoms with Crippen molar-refractivity contribution < 1.29 is 19.8 Å². The molecule has 0 spiro atoms. The van der Waals surface area contributed by atoms with Gasteiger partial charge in [0.05, 0.1) is 5.56 Å². The number of hydrogen-bond donors (Lipinski definition) is 2. The number of piperazine rings is 1. The SMILES string of the molecule is Cn1cc([C@@H](C(=O)O)N2CCN(c3cccc(Cl)c3)CC2)c2ccc(C(=O)O)cc21. The molecule has 7 nitrogen and oxygen atoms in total. The number of carboxylic acid groups (broad SMARTS) is 2. The second-order valence-corrected chi connectivity index (χ2v) is 7.91. The van der Waals surface area contributed by atoms with Crippen molar-refractivity contribution in [1.82, 2.24) is 9.47 Å². The molecule has 3 aromatic rings. The van der Waals surface area contributed by atoms with Gasteiger partial charge < -0.3 is 19.7 Å².